The largest absolute Gasteiger partial charge is 0.462 e. The number of hydrogen-bond acceptors (Lipinski definition) is 3. The highest BCUT2D eigenvalue weighted by Gasteiger charge is 2.41. The summed E-state index contributed by atoms with van der Waals surface area (Å²) in [4.78, 5) is 12.4. The molecule has 4 rings (SSSR count). The van der Waals surface area contributed by atoms with Gasteiger partial charge in [-0.2, -0.15) is 0 Å². The number of ether oxygens (including phenoxy) is 1. The van der Waals surface area contributed by atoms with E-state index in [1.165, 1.54) is 6.07 Å². The van der Waals surface area contributed by atoms with Gasteiger partial charge < -0.3 is 10.1 Å². The Labute approximate surface area is 156 Å². The predicted octanol–water partition coefficient (Wildman–Crippen LogP) is 5.48. The third kappa shape index (κ3) is 2.69. The van der Waals surface area contributed by atoms with Crippen LogP contribution in [-0.2, 0) is 4.74 Å². The number of allylic oxidation sites excluding steroid dienone is 2. The Hall–Kier alpha value is -2.33. The molecule has 1 aliphatic heterocycles. The van der Waals surface area contributed by atoms with Gasteiger partial charge >= 0.3 is 5.97 Å². The summed E-state index contributed by atoms with van der Waals surface area (Å²) < 4.78 is 19.8. The number of hydrogen-bond donors (Lipinski definition) is 1. The van der Waals surface area contributed by atoms with Gasteiger partial charge in [0, 0.05) is 16.5 Å². The smallest absolute Gasteiger partial charge is 0.340 e. The predicted molar refractivity (Wildman–Crippen MR) is 100 cm³/mol. The van der Waals surface area contributed by atoms with Gasteiger partial charge in [0.25, 0.3) is 0 Å². The lowest BCUT2D eigenvalue weighted by Gasteiger charge is -2.38. The van der Waals surface area contributed by atoms with Gasteiger partial charge in [-0.25, -0.2) is 9.18 Å². The Balaban J connectivity index is 1.85. The minimum Gasteiger partial charge on any atom is -0.462 e. The number of carbonyl (C=O) groups is 1. The van der Waals surface area contributed by atoms with Crippen molar-refractivity contribution in [3.63, 3.8) is 0 Å². The van der Waals surface area contributed by atoms with Crippen LogP contribution < -0.4 is 5.32 Å². The van der Waals surface area contributed by atoms with Crippen molar-refractivity contribution in [2.45, 2.75) is 25.3 Å². The zero-order valence-corrected chi connectivity index (χ0v) is 15.1. The number of benzene rings is 2. The van der Waals surface area contributed by atoms with Crippen LogP contribution >= 0.6 is 11.6 Å². The van der Waals surface area contributed by atoms with Gasteiger partial charge in [-0.05, 0) is 43.0 Å². The normalized spacial score (nSPS) is 23.1. The number of para-hydroxylation sites is 1. The Morgan fingerprint density at radius 2 is 2.12 bits per heavy atom. The molecular weight excluding hydrogens is 353 g/mol. The van der Waals surface area contributed by atoms with Crippen LogP contribution in [0.3, 0.4) is 0 Å². The highest BCUT2D eigenvalue weighted by molar-refractivity contribution is 6.31. The van der Waals surface area contributed by atoms with E-state index in [4.69, 9.17) is 16.3 Å². The number of esters is 1. The number of anilines is 1. The molecule has 26 heavy (non-hydrogen) atoms. The molecule has 2 aromatic carbocycles. The average Bonchev–Trinajstić information content (AvgIpc) is 3.11. The molecule has 0 radical (unpaired) electrons. The molecule has 0 aromatic heterocycles. The summed E-state index contributed by atoms with van der Waals surface area (Å²) >= 11 is 6.34. The zero-order chi connectivity index (χ0) is 18.3. The van der Waals surface area contributed by atoms with Gasteiger partial charge in [-0.1, -0.05) is 42.0 Å². The van der Waals surface area contributed by atoms with Gasteiger partial charge in [0.2, 0.25) is 0 Å². The van der Waals surface area contributed by atoms with Crippen LogP contribution in [0.1, 0.15) is 46.8 Å². The van der Waals surface area contributed by atoms with Gasteiger partial charge in [0.15, 0.2) is 0 Å². The van der Waals surface area contributed by atoms with Crippen molar-refractivity contribution in [2.75, 3.05) is 11.9 Å². The topological polar surface area (TPSA) is 38.3 Å². The monoisotopic (exact) mass is 371 g/mol. The van der Waals surface area contributed by atoms with E-state index in [1.807, 2.05) is 12.1 Å². The molecule has 0 unspecified atom stereocenters. The maximum absolute atomic E-state index is 14.6. The molecule has 1 heterocycles. The molecule has 2 aromatic rings. The first-order valence-corrected chi connectivity index (χ1v) is 9.16. The van der Waals surface area contributed by atoms with E-state index >= 15 is 0 Å². The van der Waals surface area contributed by atoms with Crippen molar-refractivity contribution in [1.82, 2.24) is 0 Å². The van der Waals surface area contributed by atoms with Crippen LogP contribution in [0.15, 0.2) is 48.6 Å². The molecule has 1 aliphatic carbocycles. The molecule has 0 saturated heterocycles. The highest BCUT2D eigenvalue weighted by Crippen LogP contribution is 2.52. The standard InChI is InChI=1S/C21H19ClFNO2/c1-2-26-21(25)15-9-4-7-13-12-6-3-8-14(12)20(24-19(13)15)18-16(22)10-5-11-17(18)23/h3-7,9-12,14,20,24H,2,8H2,1H3/t12-,14-,20+/m0/s1. The lowest BCUT2D eigenvalue weighted by atomic mass is 9.76. The Kier molecular flexibility index (Phi) is 4.45. The first-order valence-electron chi connectivity index (χ1n) is 8.79. The minimum atomic E-state index is -0.379. The van der Waals surface area contributed by atoms with Gasteiger partial charge in [-0.3, -0.25) is 0 Å². The fourth-order valence-corrected chi connectivity index (χ4v) is 4.37. The molecule has 3 nitrogen and oxygen atoms in total. The lowest BCUT2D eigenvalue weighted by Crippen LogP contribution is -2.31. The van der Waals surface area contributed by atoms with Gasteiger partial charge in [0.05, 0.1) is 23.9 Å². The number of rotatable bonds is 3. The first kappa shape index (κ1) is 17.1. The second-order valence-electron chi connectivity index (χ2n) is 6.60. The summed E-state index contributed by atoms with van der Waals surface area (Å²) in [6.07, 6.45) is 5.09. The lowest BCUT2D eigenvalue weighted by molar-refractivity contribution is 0.0527. The summed E-state index contributed by atoms with van der Waals surface area (Å²) in [5.74, 6) is -0.455. The van der Waals surface area contributed by atoms with Crippen molar-refractivity contribution in [3.05, 3.63) is 76.1 Å². The highest BCUT2D eigenvalue weighted by atomic mass is 35.5. The molecule has 0 saturated carbocycles. The van der Waals surface area contributed by atoms with Crippen LogP contribution in [0.4, 0.5) is 10.1 Å². The number of nitrogens with one attached hydrogen (secondary N) is 1. The maximum atomic E-state index is 14.6. The van der Waals surface area contributed by atoms with E-state index < -0.39 is 0 Å². The molecular formula is C21H19ClFNO2. The second kappa shape index (κ2) is 6.76. The van der Waals surface area contributed by atoms with E-state index in [0.717, 1.165) is 12.0 Å². The third-order valence-corrected chi connectivity index (χ3v) is 5.53. The van der Waals surface area contributed by atoms with E-state index in [1.54, 1.807) is 25.1 Å². The van der Waals surface area contributed by atoms with Crippen LogP contribution in [-0.4, -0.2) is 12.6 Å². The second-order valence-corrected chi connectivity index (χ2v) is 7.01. The molecule has 0 fully saturated rings. The van der Waals surface area contributed by atoms with Crippen LogP contribution in [0.25, 0.3) is 0 Å². The summed E-state index contributed by atoms with van der Waals surface area (Å²) in [5.41, 5.74) is 2.68. The van der Waals surface area contributed by atoms with Crippen LogP contribution in [0.5, 0.6) is 0 Å². The van der Waals surface area contributed by atoms with Gasteiger partial charge in [0.1, 0.15) is 5.82 Å². The number of carbonyl (C=O) groups excluding carboxylic acids is 1. The van der Waals surface area contributed by atoms with E-state index in [-0.39, 0.29) is 29.7 Å². The van der Waals surface area contributed by atoms with Crippen LogP contribution in [0.2, 0.25) is 5.02 Å². The van der Waals surface area contributed by atoms with Crippen LogP contribution in [0, 0.1) is 11.7 Å². The molecule has 3 atom stereocenters. The van der Waals surface area contributed by atoms with E-state index in [9.17, 15) is 9.18 Å². The van der Waals surface area contributed by atoms with Crippen molar-refractivity contribution in [3.8, 4) is 0 Å². The Morgan fingerprint density at radius 3 is 2.88 bits per heavy atom. The number of fused-ring (bicyclic) bond motifs is 3. The third-order valence-electron chi connectivity index (χ3n) is 5.20. The Morgan fingerprint density at radius 1 is 1.31 bits per heavy atom. The van der Waals surface area contributed by atoms with Crippen molar-refractivity contribution < 1.29 is 13.9 Å². The maximum Gasteiger partial charge on any atom is 0.340 e. The average molecular weight is 372 g/mol. The molecule has 0 spiro atoms. The number of halogens is 2. The van der Waals surface area contributed by atoms with Crippen molar-refractivity contribution >= 4 is 23.3 Å². The van der Waals surface area contributed by atoms with E-state index in [0.29, 0.717) is 28.4 Å². The molecule has 0 amide bonds. The zero-order valence-electron chi connectivity index (χ0n) is 14.3. The summed E-state index contributed by atoms with van der Waals surface area (Å²) in [6, 6.07) is 10.0. The van der Waals surface area contributed by atoms with Crippen molar-refractivity contribution in [2.24, 2.45) is 5.92 Å². The fourth-order valence-electron chi connectivity index (χ4n) is 4.09. The first-order chi connectivity index (χ1) is 12.6. The van der Waals surface area contributed by atoms with Gasteiger partial charge in [-0.15, -0.1) is 0 Å². The molecule has 5 heteroatoms. The molecule has 2 aliphatic rings. The molecule has 1 N–H and O–H groups in total. The molecule has 134 valence electrons. The summed E-state index contributed by atoms with van der Waals surface area (Å²) in [5, 5.41) is 3.80. The summed E-state index contributed by atoms with van der Waals surface area (Å²) in [7, 11) is 0. The van der Waals surface area contributed by atoms with E-state index in [2.05, 4.69) is 17.5 Å². The Bertz CT molecular complexity index is 875. The fraction of sp³-hybridized carbons (Fsp3) is 0.286. The quantitative estimate of drug-likeness (QED) is 0.573. The SMILES string of the molecule is CCOC(=O)c1cccc2c1N[C@@H](c1c(F)cccc1Cl)[C@H]1CC=C[C@@H]21. The molecule has 0 bridgehead atoms. The van der Waals surface area contributed by atoms with Crippen molar-refractivity contribution in [1.29, 1.82) is 0 Å². The minimum absolute atomic E-state index is 0.112. The summed E-state index contributed by atoms with van der Waals surface area (Å²) in [6.45, 7) is 2.08.